The topological polar surface area (TPSA) is 70.6 Å². The molecule has 8 heteroatoms. The Kier molecular flexibility index (Phi) is 5.96. The zero-order chi connectivity index (χ0) is 18.5. The number of anilines is 1. The number of urea groups is 1. The van der Waals surface area contributed by atoms with E-state index in [1.54, 1.807) is 5.51 Å². The van der Waals surface area contributed by atoms with Gasteiger partial charge in [0.1, 0.15) is 10.5 Å². The van der Waals surface area contributed by atoms with Crippen molar-refractivity contribution >= 4 is 23.1 Å². The second-order valence-corrected chi connectivity index (χ2v) is 7.95. The number of morpholine rings is 1. The van der Waals surface area contributed by atoms with E-state index in [4.69, 9.17) is 4.74 Å². The highest BCUT2D eigenvalue weighted by molar-refractivity contribution is 7.12. The normalized spacial score (nSPS) is 21.2. The van der Waals surface area contributed by atoms with Gasteiger partial charge in [-0.15, -0.1) is 10.2 Å². The van der Waals surface area contributed by atoms with E-state index in [0.717, 1.165) is 68.6 Å². The molecule has 2 aliphatic heterocycles. The number of ether oxygens (including phenoxy) is 1. The van der Waals surface area contributed by atoms with Crippen LogP contribution < -0.4 is 5.32 Å². The van der Waals surface area contributed by atoms with Gasteiger partial charge in [0.2, 0.25) is 0 Å². The third kappa shape index (κ3) is 4.82. The molecule has 1 aromatic heterocycles. The molecule has 0 bridgehead atoms. The maximum absolute atomic E-state index is 12.7. The molecule has 2 aliphatic rings. The van der Waals surface area contributed by atoms with Crippen molar-refractivity contribution in [2.75, 3.05) is 51.3 Å². The molecule has 2 fully saturated rings. The molecule has 4 rings (SSSR count). The number of hydrogen-bond donors (Lipinski definition) is 1. The van der Waals surface area contributed by atoms with Gasteiger partial charge in [-0.2, -0.15) is 0 Å². The number of carbonyl (C=O) groups excluding carboxylic acids is 1. The van der Waals surface area contributed by atoms with Crippen LogP contribution in [0, 0.1) is 5.92 Å². The molecule has 3 heterocycles. The fraction of sp³-hybridized carbons (Fsp3) is 0.526. The molecule has 7 nitrogen and oxygen atoms in total. The summed E-state index contributed by atoms with van der Waals surface area (Å²) in [5.74, 6) is 0.544. The van der Waals surface area contributed by atoms with Crippen molar-refractivity contribution in [3.8, 4) is 10.6 Å². The fourth-order valence-corrected chi connectivity index (χ4v) is 4.31. The Morgan fingerprint density at radius 1 is 1.22 bits per heavy atom. The van der Waals surface area contributed by atoms with Crippen LogP contribution in [0.3, 0.4) is 0 Å². The zero-order valence-electron chi connectivity index (χ0n) is 15.3. The summed E-state index contributed by atoms with van der Waals surface area (Å²) in [4.78, 5) is 17.1. The number of benzene rings is 1. The first-order valence-electron chi connectivity index (χ1n) is 9.50. The van der Waals surface area contributed by atoms with E-state index in [0.29, 0.717) is 5.92 Å². The van der Waals surface area contributed by atoms with Crippen LogP contribution in [0.2, 0.25) is 0 Å². The van der Waals surface area contributed by atoms with Crippen LogP contribution in [-0.2, 0) is 4.74 Å². The molecule has 1 aromatic carbocycles. The molecule has 0 aliphatic carbocycles. The highest BCUT2D eigenvalue weighted by Gasteiger charge is 2.25. The minimum atomic E-state index is -0.00894. The number of carbonyl (C=O) groups is 1. The number of hydrogen-bond acceptors (Lipinski definition) is 6. The molecule has 2 aromatic rings. The molecule has 0 spiro atoms. The van der Waals surface area contributed by atoms with Crippen LogP contribution in [0.5, 0.6) is 0 Å². The van der Waals surface area contributed by atoms with Crippen LogP contribution in [0.4, 0.5) is 10.5 Å². The van der Waals surface area contributed by atoms with E-state index in [2.05, 4.69) is 20.4 Å². The monoisotopic (exact) mass is 387 g/mol. The van der Waals surface area contributed by atoms with Crippen molar-refractivity contribution in [2.45, 2.75) is 12.8 Å². The van der Waals surface area contributed by atoms with Crippen molar-refractivity contribution in [3.63, 3.8) is 0 Å². The molecule has 1 N–H and O–H groups in total. The number of aromatic nitrogens is 2. The van der Waals surface area contributed by atoms with Crippen molar-refractivity contribution in [1.82, 2.24) is 20.0 Å². The zero-order valence-corrected chi connectivity index (χ0v) is 16.2. The second-order valence-electron chi connectivity index (χ2n) is 7.12. The van der Waals surface area contributed by atoms with Crippen LogP contribution >= 0.6 is 11.3 Å². The molecule has 2 amide bonds. The number of likely N-dealkylation sites (tertiary alicyclic amines) is 1. The van der Waals surface area contributed by atoms with E-state index in [1.165, 1.54) is 17.8 Å². The molecule has 0 radical (unpaired) electrons. The van der Waals surface area contributed by atoms with Gasteiger partial charge in [0.15, 0.2) is 0 Å². The summed E-state index contributed by atoms with van der Waals surface area (Å²) in [6, 6.07) is 7.76. The van der Waals surface area contributed by atoms with Gasteiger partial charge in [0.25, 0.3) is 0 Å². The summed E-state index contributed by atoms with van der Waals surface area (Å²) in [6.07, 6.45) is 2.26. The lowest BCUT2D eigenvalue weighted by Gasteiger charge is -2.36. The minimum absolute atomic E-state index is 0.00894. The Morgan fingerprint density at radius 3 is 2.78 bits per heavy atom. The van der Waals surface area contributed by atoms with E-state index in [-0.39, 0.29) is 6.03 Å². The largest absolute Gasteiger partial charge is 0.379 e. The lowest BCUT2D eigenvalue weighted by atomic mass is 9.97. The van der Waals surface area contributed by atoms with Crippen molar-refractivity contribution < 1.29 is 9.53 Å². The number of piperidine rings is 1. The van der Waals surface area contributed by atoms with Crippen LogP contribution in [-0.4, -0.2) is 72.0 Å². The average Bonchev–Trinajstić information content (AvgIpc) is 3.24. The third-order valence-corrected chi connectivity index (χ3v) is 5.91. The lowest BCUT2D eigenvalue weighted by molar-refractivity contribution is 0.0252. The molecule has 0 saturated carbocycles. The van der Waals surface area contributed by atoms with Gasteiger partial charge in [-0.05, 0) is 43.0 Å². The summed E-state index contributed by atoms with van der Waals surface area (Å²) in [6.45, 7) is 6.37. The number of amides is 2. The second kappa shape index (κ2) is 8.77. The maximum atomic E-state index is 12.7. The van der Waals surface area contributed by atoms with Gasteiger partial charge in [-0.25, -0.2) is 4.79 Å². The van der Waals surface area contributed by atoms with Gasteiger partial charge >= 0.3 is 6.03 Å². The highest BCUT2D eigenvalue weighted by atomic mass is 32.1. The van der Waals surface area contributed by atoms with E-state index in [1.807, 2.05) is 29.2 Å². The molecule has 144 valence electrons. The quantitative estimate of drug-likeness (QED) is 0.874. The van der Waals surface area contributed by atoms with E-state index in [9.17, 15) is 4.79 Å². The molecule has 0 unspecified atom stereocenters. The van der Waals surface area contributed by atoms with Crippen LogP contribution in [0.25, 0.3) is 10.6 Å². The Morgan fingerprint density at radius 2 is 2.04 bits per heavy atom. The van der Waals surface area contributed by atoms with Gasteiger partial charge in [-0.1, -0.05) is 11.3 Å². The van der Waals surface area contributed by atoms with E-state index < -0.39 is 0 Å². The van der Waals surface area contributed by atoms with Crippen molar-refractivity contribution in [1.29, 1.82) is 0 Å². The summed E-state index contributed by atoms with van der Waals surface area (Å²) < 4.78 is 5.42. The summed E-state index contributed by atoms with van der Waals surface area (Å²) >= 11 is 1.50. The Balaban J connectivity index is 1.30. The number of nitrogens with zero attached hydrogens (tertiary/aromatic N) is 4. The summed E-state index contributed by atoms with van der Waals surface area (Å²) in [5, 5.41) is 11.8. The lowest BCUT2D eigenvalue weighted by Crippen LogP contribution is -2.47. The first-order chi connectivity index (χ1) is 13.3. The standard InChI is InChI=1S/C19H25N5O2S/c25-19(21-17-5-3-16(4-6-17)18-22-20-14-27-18)24-7-1-2-15(13-24)12-23-8-10-26-11-9-23/h3-6,14-15H,1-2,7-13H2,(H,21,25)/t15-/m0/s1. The number of rotatable bonds is 4. The van der Waals surface area contributed by atoms with Gasteiger partial charge < -0.3 is 15.0 Å². The molecule has 27 heavy (non-hydrogen) atoms. The fourth-order valence-electron chi connectivity index (χ4n) is 3.74. The molecular formula is C19H25N5O2S. The Hall–Kier alpha value is -2.03. The Labute approximate surface area is 163 Å². The average molecular weight is 388 g/mol. The third-order valence-electron chi connectivity index (χ3n) is 5.17. The molecule has 1 atom stereocenters. The molecular weight excluding hydrogens is 362 g/mol. The van der Waals surface area contributed by atoms with Gasteiger partial charge in [-0.3, -0.25) is 4.90 Å². The number of nitrogens with one attached hydrogen (secondary N) is 1. The van der Waals surface area contributed by atoms with Crippen molar-refractivity contribution in [2.24, 2.45) is 5.92 Å². The SMILES string of the molecule is O=C(Nc1ccc(-c2nncs2)cc1)N1CCC[C@@H](CN2CCOCC2)C1. The maximum Gasteiger partial charge on any atom is 0.321 e. The minimum Gasteiger partial charge on any atom is -0.379 e. The molecule has 2 saturated heterocycles. The summed E-state index contributed by atoms with van der Waals surface area (Å²) in [7, 11) is 0. The predicted octanol–water partition coefficient (Wildman–Crippen LogP) is 2.78. The summed E-state index contributed by atoms with van der Waals surface area (Å²) in [5.41, 5.74) is 3.54. The first-order valence-corrected chi connectivity index (χ1v) is 10.4. The predicted molar refractivity (Wildman–Crippen MR) is 106 cm³/mol. The first kappa shape index (κ1) is 18.3. The van der Waals surface area contributed by atoms with Gasteiger partial charge in [0, 0.05) is 44.0 Å². The Bertz CT molecular complexity index is 731. The van der Waals surface area contributed by atoms with Crippen molar-refractivity contribution in [3.05, 3.63) is 29.8 Å². The van der Waals surface area contributed by atoms with Gasteiger partial charge in [0.05, 0.1) is 13.2 Å². The smallest absolute Gasteiger partial charge is 0.321 e. The van der Waals surface area contributed by atoms with Crippen LogP contribution in [0.15, 0.2) is 29.8 Å². The highest BCUT2D eigenvalue weighted by Crippen LogP contribution is 2.23. The van der Waals surface area contributed by atoms with Crippen LogP contribution in [0.1, 0.15) is 12.8 Å². The van der Waals surface area contributed by atoms with E-state index >= 15 is 0 Å².